The molecule has 0 fully saturated rings. The maximum atomic E-state index is 13.1. The third-order valence-corrected chi connectivity index (χ3v) is 3.29. The van der Waals surface area contributed by atoms with Crippen LogP contribution < -0.4 is 0 Å². The highest BCUT2D eigenvalue weighted by atomic mass is 19.4. The van der Waals surface area contributed by atoms with Crippen molar-refractivity contribution in [3.63, 3.8) is 0 Å². The van der Waals surface area contributed by atoms with E-state index >= 15 is 0 Å². The predicted molar refractivity (Wildman–Crippen MR) is 70.9 cm³/mol. The first-order valence-corrected chi connectivity index (χ1v) is 6.34. The zero-order chi connectivity index (χ0) is 17.1. The molecule has 1 aromatic rings. The van der Waals surface area contributed by atoms with E-state index in [1.54, 1.807) is 0 Å². The minimum absolute atomic E-state index is 0.415. The van der Waals surface area contributed by atoms with Crippen LogP contribution in [0.3, 0.4) is 0 Å². The van der Waals surface area contributed by atoms with Gasteiger partial charge in [-0.25, -0.2) is 0 Å². The van der Waals surface area contributed by atoms with Crippen molar-refractivity contribution < 1.29 is 27.7 Å². The number of rotatable bonds is 6. The molecule has 0 heterocycles. The van der Waals surface area contributed by atoms with E-state index in [-0.39, 0.29) is 0 Å². The van der Waals surface area contributed by atoms with E-state index in [4.69, 9.17) is 0 Å². The Hall–Kier alpha value is -2.25. The third kappa shape index (κ3) is 4.12. The van der Waals surface area contributed by atoms with Gasteiger partial charge < -0.3 is 0 Å². The van der Waals surface area contributed by atoms with Crippen LogP contribution in [0.15, 0.2) is 24.3 Å². The Morgan fingerprint density at radius 2 is 1.68 bits per heavy atom. The average Bonchev–Trinajstić information content (AvgIpc) is 2.35. The summed E-state index contributed by atoms with van der Waals surface area (Å²) in [6.45, 7) is 1.14. The Balaban J connectivity index is 3.50. The van der Waals surface area contributed by atoms with Crippen molar-refractivity contribution in [1.29, 1.82) is 0 Å². The number of carbonyl (C=O) groups is 2. The van der Waals surface area contributed by atoms with Crippen LogP contribution in [0.5, 0.6) is 0 Å². The Morgan fingerprint density at radius 1 is 1.18 bits per heavy atom. The molecule has 0 amide bonds. The standard InChI is InChI=1S/C14H14F3NO4/c1-8(19)13(9(2)20)11(7-18(21)22)10-5-3-4-6-12(10)14(15,16)17/h3-6,11,13H,7H2,1-2H3/t11-/m1/s1. The first-order chi connectivity index (χ1) is 10.1. The summed E-state index contributed by atoms with van der Waals surface area (Å²) in [5, 5.41) is 10.8. The second-order valence-corrected chi connectivity index (χ2v) is 4.91. The van der Waals surface area contributed by atoms with Crippen molar-refractivity contribution in [3.8, 4) is 0 Å². The van der Waals surface area contributed by atoms with Crippen molar-refractivity contribution in [2.24, 2.45) is 5.92 Å². The van der Waals surface area contributed by atoms with Crippen molar-refractivity contribution >= 4 is 11.6 Å². The van der Waals surface area contributed by atoms with Crippen molar-refractivity contribution in [1.82, 2.24) is 0 Å². The molecule has 0 saturated heterocycles. The molecule has 0 aliphatic rings. The molecular formula is C14H14F3NO4. The van der Waals surface area contributed by atoms with Gasteiger partial charge in [0.25, 0.3) is 0 Å². The van der Waals surface area contributed by atoms with E-state index in [0.717, 1.165) is 32.0 Å². The summed E-state index contributed by atoms with van der Waals surface area (Å²) < 4.78 is 39.2. The largest absolute Gasteiger partial charge is 0.416 e. The quantitative estimate of drug-likeness (QED) is 0.459. The van der Waals surface area contributed by atoms with E-state index < -0.39 is 52.2 Å². The minimum Gasteiger partial charge on any atom is -0.299 e. The summed E-state index contributed by atoms with van der Waals surface area (Å²) >= 11 is 0. The molecule has 5 nitrogen and oxygen atoms in total. The molecule has 8 heteroatoms. The van der Waals surface area contributed by atoms with Crippen LogP contribution in [-0.4, -0.2) is 23.0 Å². The van der Waals surface area contributed by atoms with Crippen LogP contribution in [0.25, 0.3) is 0 Å². The lowest BCUT2D eigenvalue weighted by Crippen LogP contribution is -2.32. The Morgan fingerprint density at radius 3 is 2.09 bits per heavy atom. The van der Waals surface area contributed by atoms with Gasteiger partial charge in [0.15, 0.2) is 0 Å². The van der Waals surface area contributed by atoms with Gasteiger partial charge in [0.2, 0.25) is 6.54 Å². The molecule has 0 aliphatic heterocycles. The topological polar surface area (TPSA) is 77.3 Å². The molecule has 0 aliphatic carbocycles. The van der Waals surface area contributed by atoms with E-state index in [1.165, 1.54) is 6.07 Å². The Labute approximate surface area is 124 Å². The van der Waals surface area contributed by atoms with Gasteiger partial charge in [-0.3, -0.25) is 19.7 Å². The molecule has 0 saturated carbocycles. The van der Waals surface area contributed by atoms with Crippen LogP contribution >= 0.6 is 0 Å². The number of ketones is 2. The number of hydrogen-bond acceptors (Lipinski definition) is 4. The van der Waals surface area contributed by atoms with Crippen molar-refractivity contribution in [2.75, 3.05) is 6.54 Å². The molecule has 0 bridgehead atoms. The lowest BCUT2D eigenvalue weighted by Gasteiger charge is -2.23. The zero-order valence-electron chi connectivity index (χ0n) is 11.9. The van der Waals surface area contributed by atoms with E-state index in [9.17, 15) is 32.9 Å². The van der Waals surface area contributed by atoms with E-state index in [1.807, 2.05) is 0 Å². The summed E-state index contributed by atoms with van der Waals surface area (Å²) in [6.07, 6.45) is -4.73. The molecule has 120 valence electrons. The number of carbonyl (C=O) groups excluding carboxylic acids is 2. The minimum atomic E-state index is -4.73. The molecule has 0 aromatic heterocycles. The number of hydrogen-bond donors (Lipinski definition) is 0. The number of benzene rings is 1. The summed E-state index contributed by atoms with van der Waals surface area (Å²) in [4.78, 5) is 33.2. The second-order valence-electron chi connectivity index (χ2n) is 4.91. The number of nitro groups is 1. The first-order valence-electron chi connectivity index (χ1n) is 6.34. The first kappa shape index (κ1) is 17.8. The molecule has 0 radical (unpaired) electrons. The van der Waals surface area contributed by atoms with Gasteiger partial charge in [-0.15, -0.1) is 0 Å². The lowest BCUT2D eigenvalue weighted by molar-refractivity contribution is -0.484. The van der Waals surface area contributed by atoms with Crippen LogP contribution in [0.1, 0.15) is 30.9 Å². The fraction of sp³-hybridized carbons (Fsp3) is 0.429. The van der Waals surface area contributed by atoms with Crippen molar-refractivity contribution in [3.05, 3.63) is 45.5 Å². The molecule has 0 spiro atoms. The van der Waals surface area contributed by atoms with Gasteiger partial charge in [-0.1, -0.05) is 18.2 Å². The highest BCUT2D eigenvalue weighted by molar-refractivity contribution is 6.01. The summed E-state index contributed by atoms with van der Waals surface area (Å²) in [5.74, 6) is -4.33. The van der Waals surface area contributed by atoms with E-state index in [0.29, 0.717) is 0 Å². The molecule has 0 unspecified atom stereocenters. The maximum absolute atomic E-state index is 13.1. The molecule has 1 atom stereocenters. The monoisotopic (exact) mass is 317 g/mol. The highest BCUT2D eigenvalue weighted by Gasteiger charge is 2.41. The van der Waals surface area contributed by atoms with Gasteiger partial charge >= 0.3 is 6.18 Å². The molecule has 0 N–H and O–H groups in total. The number of Topliss-reactive ketones (excluding diaryl/α,β-unsaturated/α-hetero) is 2. The number of nitrogens with zero attached hydrogens (tertiary/aromatic N) is 1. The highest BCUT2D eigenvalue weighted by Crippen LogP contribution is 2.38. The van der Waals surface area contributed by atoms with E-state index in [2.05, 4.69) is 0 Å². The van der Waals surface area contributed by atoms with Crippen LogP contribution in [0, 0.1) is 16.0 Å². The lowest BCUT2D eigenvalue weighted by atomic mass is 9.79. The van der Waals surface area contributed by atoms with Crippen LogP contribution in [0.2, 0.25) is 0 Å². The van der Waals surface area contributed by atoms with Crippen LogP contribution in [-0.2, 0) is 15.8 Å². The predicted octanol–water partition coefficient (Wildman–Crippen LogP) is 2.86. The fourth-order valence-electron chi connectivity index (χ4n) is 2.48. The number of alkyl halides is 3. The molecule has 1 rings (SSSR count). The molecule has 1 aromatic carbocycles. The van der Waals surface area contributed by atoms with Gasteiger partial charge in [-0.2, -0.15) is 13.2 Å². The average molecular weight is 317 g/mol. The summed E-state index contributed by atoms with van der Waals surface area (Å²) in [5.41, 5.74) is -1.49. The molecular weight excluding hydrogens is 303 g/mol. The third-order valence-electron chi connectivity index (χ3n) is 3.29. The van der Waals surface area contributed by atoms with Crippen molar-refractivity contribution in [2.45, 2.75) is 25.9 Å². The fourth-order valence-corrected chi connectivity index (χ4v) is 2.48. The smallest absolute Gasteiger partial charge is 0.299 e. The normalized spacial score (nSPS) is 13.0. The zero-order valence-corrected chi connectivity index (χ0v) is 11.9. The molecule has 22 heavy (non-hydrogen) atoms. The summed E-state index contributed by atoms with van der Waals surface area (Å²) in [6, 6.07) is 4.27. The Kier molecular flexibility index (Phi) is 5.40. The maximum Gasteiger partial charge on any atom is 0.416 e. The van der Waals surface area contributed by atoms with Gasteiger partial charge in [0.05, 0.1) is 17.4 Å². The SMILES string of the molecule is CC(=O)C(C(C)=O)[C@H](C[N+](=O)[O-])c1ccccc1C(F)(F)F. The second kappa shape index (κ2) is 6.67. The van der Waals surface area contributed by atoms with Gasteiger partial charge in [-0.05, 0) is 25.5 Å². The summed E-state index contributed by atoms with van der Waals surface area (Å²) in [7, 11) is 0. The van der Waals surface area contributed by atoms with Gasteiger partial charge in [0, 0.05) is 4.92 Å². The van der Waals surface area contributed by atoms with Crippen LogP contribution in [0.4, 0.5) is 13.2 Å². The Bertz CT molecular complexity index is 584. The number of halogens is 3. The van der Waals surface area contributed by atoms with Gasteiger partial charge in [0.1, 0.15) is 11.6 Å².